The largest absolute Gasteiger partial charge is 0.508 e. The molecule has 0 fully saturated rings. The fourth-order valence-corrected chi connectivity index (χ4v) is 2.29. The Balaban J connectivity index is 0.00000480. The van der Waals surface area contributed by atoms with Crippen molar-refractivity contribution in [1.29, 1.82) is 0 Å². The van der Waals surface area contributed by atoms with Crippen molar-refractivity contribution in [2.45, 2.75) is 19.9 Å². The predicted octanol–water partition coefficient (Wildman–Crippen LogP) is 4.44. The van der Waals surface area contributed by atoms with Crippen LogP contribution in [0.5, 0.6) is 11.5 Å². The molecule has 164 valence electrons. The van der Waals surface area contributed by atoms with Crippen molar-refractivity contribution in [2.75, 3.05) is 0 Å². The Morgan fingerprint density at radius 3 is 2.00 bits per heavy atom. The summed E-state index contributed by atoms with van der Waals surface area (Å²) in [6.45, 7) is 3.68. The highest BCUT2D eigenvalue weighted by atomic mass is 35.5. The van der Waals surface area contributed by atoms with Gasteiger partial charge < -0.3 is 20.7 Å². The molecule has 2 aromatic carbocycles. The Morgan fingerprint density at radius 2 is 1.45 bits per heavy atom. The van der Waals surface area contributed by atoms with Crippen molar-refractivity contribution in [3.63, 3.8) is 0 Å². The molecule has 0 bridgehead atoms. The number of halogens is 1. The van der Waals surface area contributed by atoms with Crippen LogP contribution in [0, 0.1) is 5.92 Å². The Kier molecular flexibility index (Phi) is 10.2. The smallest absolute Gasteiger partial charge is 0.328 e. The molecule has 6 nitrogen and oxygen atoms in total. The summed E-state index contributed by atoms with van der Waals surface area (Å²) in [6.07, 6.45) is 7.01. The number of phenols is 1. The minimum atomic E-state index is -0.688. The first-order chi connectivity index (χ1) is 14.2. The topological polar surface area (TPSA) is 110 Å². The first-order valence-corrected chi connectivity index (χ1v) is 9.42. The number of aliphatic hydroxyl groups is 1. The maximum absolute atomic E-state index is 11.9. The maximum atomic E-state index is 11.9. The van der Waals surface area contributed by atoms with Crippen LogP contribution in [-0.2, 0) is 9.59 Å². The molecular weight excluding hydrogens is 418 g/mol. The van der Waals surface area contributed by atoms with Crippen LogP contribution < -0.4 is 10.5 Å². The number of rotatable bonds is 8. The summed E-state index contributed by atoms with van der Waals surface area (Å²) in [6, 6.07) is 12.3. The number of esters is 1. The molecule has 0 saturated carbocycles. The summed E-state index contributed by atoms with van der Waals surface area (Å²) in [5, 5.41) is 19.1. The van der Waals surface area contributed by atoms with Gasteiger partial charge in [-0.3, -0.25) is 4.79 Å². The number of ketones is 1. The highest BCUT2D eigenvalue weighted by molar-refractivity contribution is 6.02. The lowest BCUT2D eigenvalue weighted by molar-refractivity contribution is -0.136. The highest BCUT2D eigenvalue weighted by Crippen LogP contribution is 2.15. The quantitative estimate of drug-likeness (QED) is 0.183. The SMILES string of the molecule is CC(C)[C@H](N)C(=O)Oc1ccc(C=CC(O)=CC(=O)C=Cc2ccc(O)cc2)cc1.Cl. The third-order valence-electron chi connectivity index (χ3n) is 4.16. The number of phenolic OH excluding ortho intramolecular Hbond substituents is 1. The number of nitrogens with two attached hydrogens (primary N) is 1. The zero-order valence-electron chi connectivity index (χ0n) is 17.3. The third-order valence-corrected chi connectivity index (χ3v) is 4.16. The predicted molar refractivity (Wildman–Crippen MR) is 124 cm³/mol. The fraction of sp³-hybridized carbons (Fsp3) is 0.167. The van der Waals surface area contributed by atoms with Gasteiger partial charge in [0.2, 0.25) is 0 Å². The zero-order chi connectivity index (χ0) is 22.1. The van der Waals surface area contributed by atoms with Gasteiger partial charge >= 0.3 is 5.97 Å². The molecule has 4 N–H and O–H groups in total. The number of hydrogen-bond acceptors (Lipinski definition) is 6. The highest BCUT2D eigenvalue weighted by Gasteiger charge is 2.19. The molecule has 31 heavy (non-hydrogen) atoms. The molecule has 7 heteroatoms. The number of aliphatic hydroxyl groups excluding tert-OH is 1. The van der Waals surface area contributed by atoms with Crippen molar-refractivity contribution in [1.82, 2.24) is 0 Å². The first kappa shape index (κ1) is 25.7. The second-order valence-corrected chi connectivity index (χ2v) is 6.99. The van der Waals surface area contributed by atoms with E-state index in [0.717, 1.165) is 17.2 Å². The Labute approximate surface area is 187 Å². The number of hydrogen-bond donors (Lipinski definition) is 3. The lowest BCUT2D eigenvalue weighted by Crippen LogP contribution is -2.38. The van der Waals surface area contributed by atoms with Crippen molar-refractivity contribution < 1.29 is 24.5 Å². The lowest BCUT2D eigenvalue weighted by atomic mass is 10.1. The number of aromatic hydroxyl groups is 1. The van der Waals surface area contributed by atoms with E-state index in [4.69, 9.17) is 10.5 Å². The van der Waals surface area contributed by atoms with Crippen molar-refractivity contribution >= 4 is 36.3 Å². The Bertz CT molecular complexity index is 960. The normalized spacial score (nSPS) is 12.7. The molecule has 0 aliphatic carbocycles. The summed E-state index contributed by atoms with van der Waals surface area (Å²) in [5.41, 5.74) is 7.25. The van der Waals surface area contributed by atoms with E-state index in [1.807, 2.05) is 13.8 Å². The second-order valence-electron chi connectivity index (χ2n) is 6.99. The number of carbonyl (C=O) groups excluding carboxylic acids is 2. The summed E-state index contributed by atoms with van der Waals surface area (Å²) in [4.78, 5) is 23.8. The third kappa shape index (κ3) is 8.90. The van der Waals surface area contributed by atoms with Gasteiger partial charge in [0.25, 0.3) is 0 Å². The Hall–Kier alpha value is -3.35. The first-order valence-electron chi connectivity index (χ1n) is 9.42. The van der Waals surface area contributed by atoms with Crippen molar-refractivity contribution in [3.05, 3.63) is 83.6 Å². The molecule has 1 atom stereocenters. The van der Waals surface area contributed by atoms with E-state index in [-0.39, 0.29) is 35.6 Å². The number of allylic oxidation sites excluding steroid dienone is 3. The van der Waals surface area contributed by atoms with E-state index in [0.29, 0.717) is 5.75 Å². The molecule has 0 heterocycles. The second kappa shape index (κ2) is 12.4. The number of benzene rings is 2. The van der Waals surface area contributed by atoms with E-state index < -0.39 is 12.0 Å². The zero-order valence-corrected chi connectivity index (χ0v) is 18.1. The van der Waals surface area contributed by atoms with Gasteiger partial charge in [-0.2, -0.15) is 0 Å². The average Bonchev–Trinajstić information content (AvgIpc) is 2.72. The van der Waals surface area contributed by atoms with Crippen LogP contribution in [-0.4, -0.2) is 28.0 Å². The van der Waals surface area contributed by atoms with E-state index in [9.17, 15) is 19.8 Å². The van der Waals surface area contributed by atoms with Gasteiger partial charge in [-0.05, 0) is 53.5 Å². The standard InChI is InChI=1S/C24H25NO5.ClH/c1-16(2)23(25)24(29)30-22-13-7-18(8-14-22)6-12-21(28)15-20(27)11-5-17-3-9-19(26)10-4-17;/h3-16,23,26,28H,25H2,1-2H3;1H/t23-;/m0./s1. The van der Waals surface area contributed by atoms with Crippen LogP contribution in [0.15, 0.2) is 72.5 Å². The minimum Gasteiger partial charge on any atom is -0.508 e. The number of carbonyl (C=O) groups is 2. The van der Waals surface area contributed by atoms with Gasteiger partial charge in [-0.1, -0.05) is 50.3 Å². The Morgan fingerprint density at radius 1 is 0.935 bits per heavy atom. The maximum Gasteiger partial charge on any atom is 0.328 e. The monoisotopic (exact) mass is 443 g/mol. The van der Waals surface area contributed by atoms with Crippen LogP contribution in [0.3, 0.4) is 0 Å². The summed E-state index contributed by atoms with van der Waals surface area (Å²) >= 11 is 0. The van der Waals surface area contributed by atoms with Crippen LogP contribution in [0.4, 0.5) is 0 Å². The van der Waals surface area contributed by atoms with Gasteiger partial charge in [0.15, 0.2) is 5.78 Å². The summed E-state index contributed by atoms with van der Waals surface area (Å²) < 4.78 is 5.23. The van der Waals surface area contributed by atoms with Gasteiger partial charge in [-0.25, -0.2) is 4.79 Å². The van der Waals surface area contributed by atoms with Crippen LogP contribution in [0.2, 0.25) is 0 Å². The van der Waals surface area contributed by atoms with Gasteiger partial charge in [0, 0.05) is 6.08 Å². The molecule has 2 aromatic rings. The minimum absolute atomic E-state index is 0. The van der Waals surface area contributed by atoms with Crippen LogP contribution in [0.1, 0.15) is 25.0 Å². The fourth-order valence-electron chi connectivity index (χ4n) is 2.29. The van der Waals surface area contributed by atoms with Crippen molar-refractivity contribution in [3.8, 4) is 11.5 Å². The molecule has 0 aliphatic heterocycles. The summed E-state index contributed by atoms with van der Waals surface area (Å²) in [7, 11) is 0. The molecule has 0 saturated heterocycles. The molecule has 0 aliphatic rings. The lowest BCUT2D eigenvalue weighted by Gasteiger charge is -2.14. The van der Waals surface area contributed by atoms with E-state index in [1.54, 1.807) is 48.6 Å². The van der Waals surface area contributed by atoms with E-state index >= 15 is 0 Å². The molecule has 2 rings (SSSR count). The molecule has 0 amide bonds. The van der Waals surface area contributed by atoms with E-state index in [1.165, 1.54) is 24.3 Å². The van der Waals surface area contributed by atoms with Crippen LogP contribution >= 0.6 is 12.4 Å². The van der Waals surface area contributed by atoms with Crippen molar-refractivity contribution in [2.24, 2.45) is 11.7 Å². The molecule has 0 radical (unpaired) electrons. The van der Waals surface area contributed by atoms with Gasteiger partial charge in [0.1, 0.15) is 23.3 Å². The van der Waals surface area contributed by atoms with Crippen LogP contribution in [0.25, 0.3) is 12.2 Å². The number of ether oxygens (including phenoxy) is 1. The molecule has 0 unspecified atom stereocenters. The molecular formula is C24H26ClNO5. The molecule has 0 aromatic heterocycles. The van der Waals surface area contributed by atoms with Gasteiger partial charge in [-0.15, -0.1) is 12.4 Å². The average molecular weight is 444 g/mol. The van der Waals surface area contributed by atoms with Gasteiger partial charge in [0.05, 0.1) is 0 Å². The molecule has 0 spiro atoms. The summed E-state index contributed by atoms with van der Waals surface area (Å²) in [5.74, 6) is -0.572. The van der Waals surface area contributed by atoms with E-state index in [2.05, 4.69) is 0 Å².